The van der Waals surface area contributed by atoms with Crippen molar-refractivity contribution in [2.24, 2.45) is 0 Å². The summed E-state index contributed by atoms with van der Waals surface area (Å²) in [5.41, 5.74) is 0.704. The van der Waals surface area contributed by atoms with Crippen molar-refractivity contribution in [1.82, 2.24) is 0 Å². The van der Waals surface area contributed by atoms with Gasteiger partial charge in [0.1, 0.15) is 12.4 Å². The van der Waals surface area contributed by atoms with Gasteiger partial charge in [0.15, 0.2) is 5.75 Å². The summed E-state index contributed by atoms with van der Waals surface area (Å²) in [7, 11) is 0. The predicted octanol–water partition coefficient (Wildman–Crippen LogP) is 4.52. The molecule has 0 atom stereocenters. The van der Waals surface area contributed by atoms with Crippen LogP contribution in [0.25, 0.3) is 0 Å². The Kier molecular flexibility index (Phi) is 4.62. The van der Waals surface area contributed by atoms with Gasteiger partial charge in [-0.1, -0.05) is 23.7 Å². The van der Waals surface area contributed by atoms with Crippen LogP contribution in [-0.2, 0) is 6.61 Å². The van der Waals surface area contributed by atoms with Crippen LogP contribution in [0.1, 0.15) is 15.9 Å². The van der Waals surface area contributed by atoms with Crippen molar-refractivity contribution in [3.05, 3.63) is 62.8 Å². The minimum absolute atomic E-state index is 0.0555. The van der Waals surface area contributed by atoms with Crippen LogP contribution in [0.3, 0.4) is 0 Å². The number of carbonyl (C=O) groups is 1. The van der Waals surface area contributed by atoms with Gasteiger partial charge in [-0.05, 0) is 45.8 Å². The predicted molar refractivity (Wildman–Crippen MR) is 76.8 cm³/mol. The first-order chi connectivity index (χ1) is 9.47. The molecular weight excluding hydrogens is 351 g/mol. The number of hydrogen-bond donors (Lipinski definition) is 1. The maximum Gasteiger partial charge on any atom is 0.335 e. The molecule has 0 amide bonds. The van der Waals surface area contributed by atoms with E-state index in [1.54, 1.807) is 12.1 Å². The van der Waals surface area contributed by atoms with E-state index in [0.29, 0.717) is 15.8 Å². The molecule has 2 aromatic carbocycles. The maximum absolute atomic E-state index is 13.0. The number of benzene rings is 2. The van der Waals surface area contributed by atoms with Crippen molar-refractivity contribution in [1.29, 1.82) is 0 Å². The number of halogens is 3. The lowest BCUT2D eigenvalue weighted by atomic mass is 10.2. The molecule has 0 radical (unpaired) electrons. The van der Waals surface area contributed by atoms with Crippen LogP contribution >= 0.6 is 27.5 Å². The van der Waals surface area contributed by atoms with Gasteiger partial charge < -0.3 is 9.84 Å². The Balaban J connectivity index is 2.20. The van der Waals surface area contributed by atoms with Gasteiger partial charge in [-0.2, -0.15) is 0 Å². The van der Waals surface area contributed by atoms with E-state index in [1.165, 1.54) is 24.3 Å². The van der Waals surface area contributed by atoms with Gasteiger partial charge in [-0.25, -0.2) is 9.18 Å². The summed E-state index contributed by atoms with van der Waals surface area (Å²) < 4.78 is 19.0. The smallest absolute Gasteiger partial charge is 0.335 e. The fourth-order valence-corrected chi connectivity index (χ4v) is 2.57. The molecule has 0 spiro atoms. The van der Waals surface area contributed by atoms with Crippen molar-refractivity contribution in [2.45, 2.75) is 6.61 Å². The Morgan fingerprint density at radius 3 is 2.70 bits per heavy atom. The molecule has 0 saturated heterocycles. The van der Waals surface area contributed by atoms with E-state index in [1.807, 2.05) is 0 Å². The number of carboxylic acid groups (broad SMARTS) is 1. The molecule has 0 unspecified atom stereocenters. The Labute approximate surface area is 128 Å². The molecule has 2 aromatic rings. The first-order valence-electron chi connectivity index (χ1n) is 5.57. The highest BCUT2D eigenvalue weighted by Crippen LogP contribution is 2.35. The Morgan fingerprint density at radius 1 is 1.35 bits per heavy atom. The SMILES string of the molecule is O=C(O)c1cc(Cl)c(OCc2cccc(F)c2)c(Br)c1. The zero-order valence-corrected chi connectivity index (χ0v) is 12.4. The van der Waals surface area contributed by atoms with Crippen LogP contribution in [0, 0.1) is 5.82 Å². The van der Waals surface area contributed by atoms with E-state index in [9.17, 15) is 9.18 Å². The molecule has 20 heavy (non-hydrogen) atoms. The second-order valence-corrected chi connectivity index (χ2v) is 5.25. The van der Waals surface area contributed by atoms with Crippen molar-refractivity contribution in [2.75, 3.05) is 0 Å². The summed E-state index contributed by atoms with van der Waals surface area (Å²) in [4.78, 5) is 10.9. The largest absolute Gasteiger partial charge is 0.486 e. The highest BCUT2D eigenvalue weighted by molar-refractivity contribution is 9.10. The standard InChI is InChI=1S/C14H9BrClFO3/c15-11-5-9(14(18)19)6-12(16)13(11)20-7-8-2-1-3-10(17)4-8/h1-6H,7H2,(H,18,19). The summed E-state index contributed by atoms with van der Waals surface area (Å²) in [6, 6.07) is 8.70. The number of ether oxygens (including phenoxy) is 1. The lowest BCUT2D eigenvalue weighted by Crippen LogP contribution is -2.00. The second-order valence-electron chi connectivity index (χ2n) is 3.99. The molecule has 104 valence electrons. The number of hydrogen-bond acceptors (Lipinski definition) is 2. The Bertz CT molecular complexity index is 638. The zero-order valence-electron chi connectivity index (χ0n) is 10.1. The van der Waals surface area contributed by atoms with Crippen molar-refractivity contribution < 1.29 is 19.0 Å². The van der Waals surface area contributed by atoms with Crippen LogP contribution in [0.5, 0.6) is 5.75 Å². The van der Waals surface area contributed by atoms with E-state index >= 15 is 0 Å². The minimum atomic E-state index is -1.08. The van der Waals surface area contributed by atoms with Crippen LogP contribution in [0.2, 0.25) is 5.02 Å². The molecule has 6 heteroatoms. The number of rotatable bonds is 4. The molecular formula is C14H9BrClFO3. The van der Waals surface area contributed by atoms with E-state index < -0.39 is 5.97 Å². The van der Waals surface area contributed by atoms with Crippen molar-refractivity contribution >= 4 is 33.5 Å². The first kappa shape index (κ1) is 14.8. The van der Waals surface area contributed by atoms with Gasteiger partial charge >= 0.3 is 5.97 Å². The van der Waals surface area contributed by atoms with E-state index in [2.05, 4.69) is 15.9 Å². The highest BCUT2D eigenvalue weighted by atomic mass is 79.9. The van der Waals surface area contributed by atoms with E-state index in [0.717, 1.165) is 0 Å². The molecule has 1 N–H and O–H groups in total. The third-order valence-electron chi connectivity index (χ3n) is 2.52. The first-order valence-corrected chi connectivity index (χ1v) is 6.74. The van der Waals surface area contributed by atoms with Gasteiger partial charge in [0.25, 0.3) is 0 Å². The molecule has 0 fully saturated rings. The fourth-order valence-electron chi connectivity index (χ4n) is 1.60. The number of aromatic carboxylic acids is 1. The summed E-state index contributed by atoms with van der Waals surface area (Å²) in [6.45, 7) is 0.127. The lowest BCUT2D eigenvalue weighted by Gasteiger charge is -2.11. The van der Waals surface area contributed by atoms with E-state index in [-0.39, 0.29) is 23.0 Å². The molecule has 0 bridgehead atoms. The monoisotopic (exact) mass is 358 g/mol. The van der Waals surface area contributed by atoms with Crippen molar-refractivity contribution in [3.8, 4) is 5.75 Å². The molecule has 0 aromatic heterocycles. The number of carboxylic acids is 1. The third-order valence-corrected chi connectivity index (χ3v) is 3.39. The van der Waals surface area contributed by atoms with Gasteiger partial charge in [0.05, 0.1) is 15.1 Å². The second kappa shape index (κ2) is 6.24. The molecule has 2 rings (SSSR count). The molecule has 0 heterocycles. The average Bonchev–Trinajstić information content (AvgIpc) is 2.37. The van der Waals surface area contributed by atoms with Crippen LogP contribution in [-0.4, -0.2) is 11.1 Å². The highest BCUT2D eigenvalue weighted by Gasteiger charge is 2.13. The molecule has 0 aliphatic heterocycles. The quantitative estimate of drug-likeness (QED) is 0.873. The fraction of sp³-hybridized carbons (Fsp3) is 0.0714. The summed E-state index contributed by atoms with van der Waals surface area (Å²) in [6.07, 6.45) is 0. The normalized spacial score (nSPS) is 10.3. The van der Waals surface area contributed by atoms with E-state index in [4.69, 9.17) is 21.4 Å². The molecule has 0 aliphatic rings. The maximum atomic E-state index is 13.0. The summed E-state index contributed by atoms with van der Waals surface area (Å²) in [5.74, 6) is -1.11. The van der Waals surface area contributed by atoms with Crippen LogP contribution in [0.4, 0.5) is 4.39 Å². The zero-order chi connectivity index (χ0) is 14.7. The molecule has 3 nitrogen and oxygen atoms in total. The Morgan fingerprint density at radius 2 is 2.10 bits per heavy atom. The topological polar surface area (TPSA) is 46.5 Å². The van der Waals surface area contributed by atoms with Crippen LogP contribution < -0.4 is 4.74 Å². The van der Waals surface area contributed by atoms with Gasteiger partial charge in [0.2, 0.25) is 0 Å². The average molecular weight is 360 g/mol. The molecule has 0 aliphatic carbocycles. The lowest BCUT2D eigenvalue weighted by molar-refractivity contribution is 0.0696. The third kappa shape index (κ3) is 3.49. The van der Waals surface area contributed by atoms with Gasteiger partial charge in [0, 0.05) is 0 Å². The summed E-state index contributed by atoms with van der Waals surface area (Å²) >= 11 is 9.19. The minimum Gasteiger partial charge on any atom is -0.486 e. The van der Waals surface area contributed by atoms with Crippen LogP contribution in [0.15, 0.2) is 40.9 Å². The summed E-state index contributed by atoms with van der Waals surface area (Å²) in [5, 5.41) is 9.08. The Hall–Kier alpha value is -1.59. The van der Waals surface area contributed by atoms with Crippen molar-refractivity contribution in [3.63, 3.8) is 0 Å². The molecule has 0 saturated carbocycles. The van der Waals surface area contributed by atoms with Gasteiger partial charge in [-0.15, -0.1) is 0 Å². The van der Waals surface area contributed by atoms with Gasteiger partial charge in [-0.3, -0.25) is 0 Å².